The minimum Gasteiger partial charge on any atom is -0.492 e. The van der Waals surface area contributed by atoms with Gasteiger partial charge in [-0.3, -0.25) is 0 Å². The molecule has 0 N–H and O–H groups in total. The molecule has 0 atom stereocenters. The molecule has 0 amide bonds. The molecule has 0 heterocycles. The van der Waals surface area contributed by atoms with Gasteiger partial charge in [0, 0.05) is 0 Å². The normalized spacial score (nSPS) is 9.58. The SMILES string of the molecule is CCOc1cccc(I)c1OC. The summed E-state index contributed by atoms with van der Waals surface area (Å²) in [6.07, 6.45) is 0. The quantitative estimate of drug-likeness (QED) is 0.791. The molecule has 1 rings (SSSR count). The van der Waals surface area contributed by atoms with Crippen molar-refractivity contribution in [1.82, 2.24) is 0 Å². The maximum Gasteiger partial charge on any atom is 0.174 e. The maximum absolute atomic E-state index is 5.38. The van der Waals surface area contributed by atoms with Crippen molar-refractivity contribution in [3.05, 3.63) is 21.8 Å². The lowest BCUT2D eigenvalue weighted by molar-refractivity contribution is 0.310. The van der Waals surface area contributed by atoms with Gasteiger partial charge in [-0.05, 0) is 41.6 Å². The minimum atomic E-state index is 0.663. The summed E-state index contributed by atoms with van der Waals surface area (Å²) in [4.78, 5) is 0. The molecule has 0 bridgehead atoms. The molecule has 0 aliphatic rings. The molecule has 0 radical (unpaired) electrons. The zero-order valence-electron chi connectivity index (χ0n) is 7.13. The van der Waals surface area contributed by atoms with Crippen molar-refractivity contribution in [3.8, 4) is 11.5 Å². The highest BCUT2D eigenvalue weighted by molar-refractivity contribution is 14.1. The van der Waals surface area contributed by atoms with Gasteiger partial charge in [0.15, 0.2) is 11.5 Å². The standard InChI is InChI=1S/C9H11IO2/c1-3-12-8-6-4-5-7(10)9(8)11-2/h4-6H,3H2,1-2H3. The Bertz CT molecular complexity index is 261. The molecule has 0 aliphatic heterocycles. The predicted octanol–water partition coefficient (Wildman–Crippen LogP) is 2.70. The van der Waals surface area contributed by atoms with Gasteiger partial charge < -0.3 is 9.47 Å². The van der Waals surface area contributed by atoms with Gasteiger partial charge in [-0.25, -0.2) is 0 Å². The van der Waals surface area contributed by atoms with Gasteiger partial charge in [-0.1, -0.05) is 6.07 Å². The van der Waals surface area contributed by atoms with Gasteiger partial charge in [0.1, 0.15) is 0 Å². The molecule has 0 fully saturated rings. The number of rotatable bonds is 3. The first-order valence-electron chi connectivity index (χ1n) is 3.75. The Kier molecular flexibility index (Phi) is 3.65. The van der Waals surface area contributed by atoms with Crippen molar-refractivity contribution in [1.29, 1.82) is 0 Å². The van der Waals surface area contributed by atoms with E-state index in [1.807, 2.05) is 25.1 Å². The third-order valence-electron chi connectivity index (χ3n) is 1.43. The third kappa shape index (κ3) is 2.03. The Labute approximate surface area is 86.0 Å². The van der Waals surface area contributed by atoms with E-state index in [1.165, 1.54) is 0 Å². The second-order valence-electron chi connectivity index (χ2n) is 2.20. The van der Waals surface area contributed by atoms with Crippen molar-refractivity contribution in [2.45, 2.75) is 6.92 Å². The smallest absolute Gasteiger partial charge is 0.174 e. The highest BCUT2D eigenvalue weighted by Crippen LogP contribution is 2.31. The Balaban J connectivity index is 3.00. The maximum atomic E-state index is 5.38. The van der Waals surface area contributed by atoms with Crippen LogP contribution in [-0.4, -0.2) is 13.7 Å². The van der Waals surface area contributed by atoms with E-state index in [1.54, 1.807) is 7.11 Å². The van der Waals surface area contributed by atoms with Crippen LogP contribution in [0.1, 0.15) is 6.92 Å². The Morgan fingerprint density at radius 2 is 2.17 bits per heavy atom. The van der Waals surface area contributed by atoms with Gasteiger partial charge in [-0.2, -0.15) is 0 Å². The zero-order chi connectivity index (χ0) is 8.97. The first-order valence-corrected chi connectivity index (χ1v) is 4.82. The summed E-state index contributed by atoms with van der Waals surface area (Å²) >= 11 is 2.22. The second-order valence-corrected chi connectivity index (χ2v) is 3.37. The van der Waals surface area contributed by atoms with E-state index < -0.39 is 0 Å². The zero-order valence-corrected chi connectivity index (χ0v) is 9.29. The van der Waals surface area contributed by atoms with Gasteiger partial charge in [0.05, 0.1) is 17.3 Å². The number of para-hydroxylation sites is 1. The van der Waals surface area contributed by atoms with Crippen LogP contribution in [0.4, 0.5) is 0 Å². The van der Waals surface area contributed by atoms with Crippen molar-refractivity contribution < 1.29 is 9.47 Å². The lowest BCUT2D eigenvalue weighted by Gasteiger charge is -2.09. The molecule has 0 spiro atoms. The van der Waals surface area contributed by atoms with Crippen molar-refractivity contribution in [2.75, 3.05) is 13.7 Å². The summed E-state index contributed by atoms with van der Waals surface area (Å²) in [7, 11) is 1.65. The number of benzene rings is 1. The van der Waals surface area contributed by atoms with Gasteiger partial charge in [0.25, 0.3) is 0 Å². The van der Waals surface area contributed by atoms with Crippen LogP contribution in [0.25, 0.3) is 0 Å². The fourth-order valence-electron chi connectivity index (χ4n) is 0.956. The summed E-state index contributed by atoms with van der Waals surface area (Å²) in [5, 5.41) is 0. The summed E-state index contributed by atoms with van der Waals surface area (Å²) in [5.41, 5.74) is 0. The molecule has 0 aliphatic carbocycles. The van der Waals surface area contributed by atoms with Crippen molar-refractivity contribution in [2.24, 2.45) is 0 Å². The number of ether oxygens (including phenoxy) is 2. The van der Waals surface area contributed by atoms with Crippen LogP contribution >= 0.6 is 22.6 Å². The lowest BCUT2D eigenvalue weighted by atomic mass is 10.3. The summed E-state index contributed by atoms with van der Waals surface area (Å²) in [6.45, 7) is 2.62. The van der Waals surface area contributed by atoms with E-state index in [0.717, 1.165) is 15.1 Å². The average molecular weight is 278 g/mol. The molecule has 3 heteroatoms. The summed E-state index contributed by atoms with van der Waals surface area (Å²) in [6, 6.07) is 5.85. The molecule has 2 nitrogen and oxygen atoms in total. The van der Waals surface area contributed by atoms with Gasteiger partial charge in [0.2, 0.25) is 0 Å². The summed E-state index contributed by atoms with van der Waals surface area (Å²) in [5.74, 6) is 1.63. The first-order chi connectivity index (χ1) is 5.79. The largest absolute Gasteiger partial charge is 0.492 e. The molecule has 1 aromatic rings. The monoisotopic (exact) mass is 278 g/mol. The van der Waals surface area contributed by atoms with Crippen LogP contribution < -0.4 is 9.47 Å². The lowest BCUT2D eigenvalue weighted by Crippen LogP contribution is -1.96. The number of hydrogen-bond acceptors (Lipinski definition) is 2. The molecular weight excluding hydrogens is 267 g/mol. The number of halogens is 1. The van der Waals surface area contributed by atoms with E-state index in [2.05, 4.69) is 22.6 Å². The molecule has 66 valence electrons. The fraction of sp³-hybridized carbons (Fsp3) is 0.333. The van der Waals surface area contributed by atoms with E-state index in [9.17, 15) is 0 Å². The van der Waals surface area contributed by atoms with Crippen LogP contribution in [0.3, 0.4) is 0 Å². The van der Waals surface area contributed by atoms with Crippen LogP contribution in [0.15, 0.2) is 18.2 Å². The average Bonchev–Trinajstić information content (AvgIpc) is 2.05. The van der Waals surface area contributed by atoms with E-state index in [-0.39, 0.29) is 0 Å². The molecule has 0 saturated heterocycles. The fourth-order valence-corrected chi connectivity index (χ4v) is 1.65. The predicted molar refractivity (Wildman–Crippen MR) is 56.9 cm³/mol. The Morgan fingerprint density at radius 1 is 1.42 bits per heavy atom. The highest BCUT2D eigenvalue weighted by atomic mass is 127. The highest BCUT2D eigenvalue weighted by Gasteiger charge is 2.06. The van der Waals surface area contributed by atoms with E-state index in [4.69, 9.17) is 9.47 Å². The topological polar surface area (TPSA) is 18.5 Å². The van der Waals surface area contributed by atoms with Crippen LogP contribution in [0.5, 0.6) is 11.5 Å². The molecule has 1 aromatic carbocycles. The molecule has 0 unspecified atom stereocenters. The number of hydrogen-bond donors (Lipinski definition) is 0. The van der Waals surface area contributed by atoms with Gasteiger partial charge in [-0.15, -0.1) is 0 Å². The number of methoxy groups -OCH3 is 1. The van der Waals surface area contributed by atoms with E-state index in [0.29, 0.717) is 6.61 Å². The van der Waals surface area contributed by atoms with Crippen LogP contribution in [-0.2, 0) is 0 Å². The third-order valence-corrected chi connectivity index (χ3v) is 2.28. The molecule has 0 saturated carbocycles. The molecular formula is C9H11IO2. The first kappa shape index (κ1) is 9.64. The molecule has 12 heavy (non-hydrogen) atoms. The van der Waals surface area contributed by atoms with Crippen LogP contribution in [0.2, 0.25) is 0 Å². The van der Waals surface area contributed by atoms with Crippen LogP contribution in [0, 0.1) is 3.57 Å². The van der Waals surface area contributed by atoms with Crippen molar-refractivity contribution in [3.63, 3.8) is 0 Å². The van der Waals surface area contributed by atoms with Crippen molar-refractivity contribution >= 4 is 22.6 Å². The Morgan fingerprint density at radius 3 is 2.75 bits per heavy atom. The molecule has 0 aromatic heterocycles. The van der Waals surface area contributed by atoms with E-state index >= 15 is 0 Å². The van der Waals surface area contributed by atoms with Gasteiger partial charge >= 0.3 is 0 Å². The summed E-state index contributed by atoms with van der Waals surface area (Å²) < 4.78 is 11.6. The Hall–Kier alpha value is -0.450. The minimum absolute atomic E-state index is 0.663. The second kappa shape index (κ2) is 4.54.